The first-order chi connectivity index (χ1) is 15.8. The number of carbonyl (C=O) groups is 2. The number of anilines is 1. The summed E-state index contributed by atoms with van der Waals surface area (Å²) in [6, 6.07) is 18.4. The molecule has 0 aliphatic heterocycles. The molecule has 172 valence electrons. The van der Waals surface area contributed by atoms with E-state index in [2.05, 4.69) is 10.3 Å². The maximum Gasteiger partial charge on any atom is 0.224 e. The Morgan fingerprint density at radius 3 is 2.27 bits per heavy atom. The van der Waals surface area contributed by atoms with Crippen molar-refractivity contribution >= 4 is 40.8 Å². The number of hydrogen-bond acceptors (Lipinski definition) is 4. The van der Waals surface area contributed by atoms with Gasteiger partial charge in [-0.25, -0.2) is 4.98 Å². The second-order valence-electron chi connectivity index (χ2n) is 7.90. The number of aryl methyl sites for hydroxylation is 1. The van der Waals surface area contributed by atoms with Gasteiger partial charge in [0.1, 0.15) is 5.82 Å². The second kappa shape index (κ2) is 11.7. The van der Waals surface area contributed by atoms with Crippen LogP contribution in [0.4, 0.5) is 5.82 Å². The first-order valence-electron chi connectivity index (χ1n) is 10.6. The predicted octanol–water partition coefficient (Wildman–Crippen LogP) is 4.18. The van der Waals surface area contributed by atoms with E-state index in [1.165, 1.54) is 0 Å². The lowest BCUT2D eigenvalue weighted by atomic mass is 9.81. The number of nitrogens with one attached hydrogen (secondary N) is 1. The normalized spacial score (nSPS) is 12.7. The molecule has 2 atom stereocenters. The van der Waals surface area contributed by atoms with E-state index in [1.54, 1.807) is 36.5 Å². The summed E-state index contributed by atoms with van der Waals surface area (Å²) in [6.07, 6.45) is 2.97. The van der Waals surface area contributed by atoms with Crippen molar-refractivity contribution in [1.82, 2.24) is 10.3 Å². The highest BCUT2D eigenvalue weighted by molar-refractivity contribution is 6.42. The number of nitrogens with two attached hydrogens (primary N) is 2. The fourth-order valence-electron chi connectivity index (χ4n) is 3.71. The standard InChI is InChI=1S/C25H26Cl2N4O2/c26-21-10-7-17(13-22(21)27)12-20(25(33)31-15-18-8-11-23(28)30-14-18)19(24(29)32)9-6-16-4-2-1-3-5-16/h1-5,7-8,10-11,13-14,19-20H,6,9,12,15H2,(H2,28,30)(H2,29,32)(H,31,33)/t19?,20-/m0/s1. The van der Waals surface area contributed by atoms with Crippen molar-refractivity contribution in [3.05, 3.63) is 93.6 Å². The van der Waals surface area contributed by atoms with Crippen molar-refractivity contribution in [2.24, 2.45) is 17.6 Å². The number of halogens is 2. The van der Waals surface area contributed by atoms with Gasteiger partial charge in [0.15, 0.2) is 0 Å². The van der Waals surface area contributed by atoms with Crippen LogP contribution in [0.3, 0.4) is 0 Å². The van der Waals surface area contributed by atoms with Crippen LogP contribution in [-0.2, 0) is 29.0 Å². The first-order valence-corrected chi connectivity index (χ1v) is 11.3. The molecule has 0 bridgehead atoms. The van der Waals surface area contributed by atoms with Gasteiger partial charge >= 0.3 is 0 Å². The number of nitrogen functional groups attached to an aromatic ring is 1. The number of amides is 2. The number of rotatable bonds is 10. The van der Waals surface area contributed by atoms with Crippen molar-refractivity contribution in [1.29, 1.82) is 0 Å². The molecule has 1 unspecified atom stereocenters. The number of nitrogens with zero attached hydrogens (tertiary/aromatic N) is 1. The maximum absolute atomic E-state index is 13.3. The van der Waals surface area contributed by atoms with Gasteiger partial charge < -0.3 is 16.8 Å². The fourth-order valence-corrected chi connectivity index (χ4v) is 4.03. The summed E-state index contributed by atoms with van der Waals surface area (Å²) < 4.78 is 0. The van der Waals surface area contributed by atoms with E-state index in [4.69, 9.17) is 34.7 Å². The molecule has 0 radical (unpaired) electrons. The predicted molar refractivity (Wildman–Crippen MR) is 132 cm³/mol. The molecule has 33 heavy (non-hydrogen) atoms. The highest BCUT2D eigenvalue weighted by atomic mass is 35.5. The first kappa shape index (κ1) is 24.6. The van der Waals surface area contributed by atoms with E-state index < -0.39 is 17.7 Å². The molecule has 1 aromatic heterocycles. The van der Waals surface area contributed by atoms with Crippen LogP contribution >= 0.6 is 23.2 Å². The third kappa shape index (κ3) is 7.20. The molecule has 3 rings (SSSR count). The molecule has 2 aromatic carbocycles. The third-order valence-electron chi connectivity index (χ3n) is 5.53. The maximum atomic E-state index is 13.3. The lowest BCUT2D eigenvalue weighted by Crippen LogP contribution is -2.41. The molecular weight excluding hydrogens is 459 g/mol. The fraction of sp³-hybridized carbons (Fsp3) is 0.240. The van der Waals surface area contributed by atoms with Crippen molar-refractivity contribution < 1.29 is 9.59 Å². The van der Waals surface area contributed by atoms with Gasteiger partial charge in [0.2, 0.25) is 11.8 Å². The Labute approximate surface area is 203 Å². The van der Waals surface area contributed by atoms with Crippen molar-refractivity contribution in [3.8, 4) is 0 Å². The monoisotopic (exact) mass is 484 g/mol. The molecule has 5 N–H and O–H groups in total. The van der Waals surface area contributed by atoms with Crippen LogP contribution in [0.15, 0.2) is 66.9 Å². The molecule has 0 saturated carbocycles. The van der Waals surface area contributed by atoms with Gasteiger partial charge in [-0.3, -0.25) is 9.59 Å². The van der Waals surface area contributed by atoms with Gasteiger partial charge in [-0.05, 0) is 54.2 Å². The molecule has 1 heterocycles. The summed E-state index contributed by atoms with van der Waals surface area (Å²) in [5, 5.41) is 3.73. The molecule has 0 spiro atoms. The van der Waals surface area contributed by atoms with Crippen LogP contribution in [0.2, 0.25) is 10.0 Å². The van der Waals surface area contributed by atoms with Crippen LogP contribution in [0.25, 0.3) is 0 Å². The summed E-state index contributed by atoms with van der Waals surface area (Å²) in [4.78, 5) is 29.8. The Kier molecular flexibility index (Phi) is 8.69. The molecular formula is C25H26Cl2N4O2. The minimum Gasteiger partial charge on any atom is -0.384 e. The molecule has 6 nitrogen and oxygen atoms in total. The zero-order valence-electron chi connectivity index (χ0n) is 18.0. The van der Waals surface area contributed by atoms with Crippen molar-refractivity contribution in [3.63, 3.8) is 0 Å². The molecule has 0 saturated heterocycles. The third-order valence-corrected chi connectivity index (χ3v) is 6.27. The van der Waals surface area contributed by atoms with E-state index in [0.29, 0.717) is 35.1 Å². The van der Waals surface area contributed by atoms with Gasteiger partial charge in [-0.1, -0.05) is 65.7 Å². The summed E-state index contributed by atoms with van der Waals surface area (Å²) in [5.41, 5.74) is 14.1. The minimum atomic E-state index is -0.676. The van der Waals surface area contributed by atoms with E-state index in [1.807, 2.05) is 30.3 Å². The second-order valence-corrected chi connectivity index (χ2v) is 8.72. The van der Waals surface area contributed by atoms with E-state index in [0.717, 1.165) is 16.7 Å². The largest absolute Gasteiger partial charge is 0.384 e. The van der Waals surface area contributed by atoms with Crippen LogP contribution in [-0.4, -0.2) is 16.8 Å². The summed E-state index contributed by atoms with van der Waals surface area (Å²) in [7, 11) is 0. The molecule has 8 heteroatoms. The van der Waals surface area contributed by atoms with Gasteiger partial charge in [-0.15, -0.1) is 0 Å². The topological polar surface area (TPSA) is 111 Å². The molecule has 0 aliphatic rings. The number of benzene rings is 2. The zero-order valence-corrected chi connectivity index (χ0v) is 19.5. The van der Waals surface area contributed by atoms with Crippen LogP contribution in [0.1, 0.15) is 23.1 Å². The number of aromatic nitrogens is 1. The van der Waals surface area contributed by atoms with Crippen LogP contribution in [0, 0.1) is 11.8 Å². The minimum absolute atomic E-state index is 0.258. The van der Waals surface area contributed by atoms with Gasteiger partial charge in [0.25, 0.3) is 0 Å². The summed E-state index contributed by atoms with van der Waals surface area (Å²) in [5.74, 6) is -1.72. The average molecular weight is 485 g/mol. The Hall–Kier alpha value is -3.09. The quantitative estimate of drug-likeness (QED) is 0.400. The smallest absolute Gasteiger partial charge is 0.224 e. The average Bonchev–Trinajstić information content (AvgIpc) is 2.80. The Balaban J connectivity index is 1.80. The zero-order chi connectivity index (χ0) is 23.8. The lowest BCUT2D eigenvalue weighted by Gasteiger charge is -2.25. The molecule has 0 aliphatic carbocycles. The molecule has 3 aromatic rings. The number of carbonyl (C=O) groups excluding carboxylic acids is 2. The number of pyridine rings is 1. The van der Waals surface area contributed by atoms with Gasteiger partial charge in [-0.2, -0.15) is 0 Å². The van der Waals surface area contributed by atoms with Crippen molar-refractivity contribution in [2.45, 2.75) is 25.8 Å². The SMILES string of the molecule is NC(=O)C(CCc1ccccc1)[C@H](Cc1ccc(Cl)c(Cl)c1)C(=O)NCc1ccc(N)nc1. The highest BCUT2D eigenvalue weighted by Gasteiger charge is 2.32. The lowest BCUT2D eigenvalue weighted by molar-refractivity contribution is -0.133. The Morgan fingerprint density at radius 2 is 1.64 bits per heavy atom. The van der Waals surface area contributed by atoms with E-state index >= 15 is 0 Å². The molecule has 2 amide bonds. The van der Waals surface area contributed by atoms with Crippen LogP contribution < -0.4 is 16.8 Å². The van der Waals surface area contributed by atoms with Gasteiger partial charge in [0, 0.05) is 18.7 Å². The summed E-state index contributed by atoms with van der Waals surface area (Å²) >= 11 is 12.2. The van der Waals surface area contributed by atoms with Gasteiger partial charge in [0.05, 0.1) is 16.0 Å². The van der Waals surface area contributed by atoms with E-state index in [-0.39, 0.29) is 12.5 Å². The number of hydrogen-bond donors (Lipinski definition) is 3. The van der Waals surface area contributed by atoms with Crippen molar-refractivity contribution in [2.75, 3.05) is 5.73 Å². The molecule has 0 fully saturated rings. The Morgan fingerprint density at radius 1 is 0.909 bits per heavy atom. The Bertz CT molecular complexity index is 1090. The number of primary amides is 1. The van der Waals surface area contributed by atoms with Crippen LogP contribution in [0.5, 0.6) is 0 Å². The summed E-state index contributed by atoms with van der Waals surface area (Å²) in [6.45, 7) is 0.258. The highest BCUT2D eigenvalue weighted by Crippen LogP contribution is 2.28. The van der Waals surface area contributed by atoms with E-state index in [9.17, 15) is 9.59 Å².